The fraction of sp³-hybridized carbons (Fsp3) is 0.391. The Hall–Kier alpha value is -2.63. The van der Waals surface area contributed by atoms with Gasteiger partial charge in [-0.25, -0.2) is 9.79 Å². The molecule has 2 atom stereocenters. The van der Waals surface area contributed by atoms with Gasteiger partial charge in [0.1, 0.15) is 5.66 Å². The third-order valence-corrected chi connectivity index (χ3v) is 7.66. The van der Waals surface area contributed by atoms with Crippen molar-refractivity contribution in [1.82, 2.24) is 10.0 Å². The Labute approximate surface area is 195 Å². The van der Waals surface area contributed by atoms with Gasteiger partial charge in [-0.15, -0.1) is 0 Å². The number of nitrogens with zero attached hydrogens (tertiary/aromatic N) is 1. The topological polar surface area (TPSA) is 141 Å². The number of ether oxygens (including phenoxy) is 1. The summed E-state index contributed by atoms with van der Waals surface area (Å²) in [5.74, 6) is -1.15. The Bertz CT molecular complexity index is 1100. The number of carbonyl (C=O) groups is 1. The third-order valence-electron chi connectivity index (χ3n) is 6.73. The van der Waals surface area contributed by atoms with Crippen molar-refractivity contribution in [1.29, 1.82) is 0 Å². The first-order chi connectivity index (χ1) is 15.9. The van der Waals surface area contributed by atoms with Crippen LogP contribution >= 0.6 is 11.9 Å². The first-order valence-corrected chi connectivity index (χ1v) is 11.7. The molecule has 2 aromatic carbocycles. The second-order valence-corrected chi connectivity index (χ2v) is 9.83. The van der Waals surface area contributed by atoms with Crippen molar-refractivity contribution in [2.24, 2.45) is 22.1 Å². The lowest BCUT2D eigenvalue weighted by atomic mass is 9.78. The summed E-state index contributed by atoms with van der Waals surface area (Å²) in [6, 6.07) is 12.8. The van der Waals surface area contributed by atoms with Crippen molar-refractivity contribution in [3.05, 3.63) is 59.2 Å². The molecule has 0 radical (unpaired) electrons. The van der Waals surface area contributed by atoms with E-state index in [0.717, 1.165) is 4.90 Å². The predicted molar refractivity (Wildman–Crippen MR) is 127 cm³/mol. The molecule has 174 valence electrons. The molecule has 1 saturated heterocycles. The highest BCUT2D eigenvalue weighted by atomic mass is 32.2. The Kier molecular flexibility index (Phi) is 5.79. The van der Waals surface area contributed by atoms with Crippen molar-refractivity contribution < 1.29 is 19.7 Å². The summed E-state index contributed by atoms with van der Waals surface area (Å²) >= 11 is 1.57. The number of anilines is 1. The minimum atomic E-state index is -1.07. The van der Waals surface area contributed by atoms with Gasteiger partial charge in [-0.3, -0.25) is 10.0 Å². The normalized spacial score (nSPS) is 25.5. The number of aliphatic hydroxyl groups excluding tert-OH is 1. The molecular weight excluding hydrogens is 442 g/mol. The molecule has 0 amide bonds. The number of nitrogens with two attached hydrogens (primary N) is 1. The lowest BCUT2D eigenvalue weighted by molar-refractivity contribution is -0.109. The maximum absolute atomic E-state index is 11.8. The van der Waals surface area contributed by atoms with Crippen LogP contribution < -0.4 is 21.1 Å². The summed E-state index contributed by atoms with van der Waals surface area (Å²) in [7, 11) is 0. The molecule has 3 aliphatic rings. The van der Waals surface area contributed by atoms with Gasteiger partial charge in [0.05, 0.1) is 18.8 Å². The molecule has 10 heteroatoms. The SMILES string of the molecule is NCC1(CNC2(C3CNSc4ccccc4C3)N=C(O)Nc3ccc(C(=O)O)cc32)COC1. The van der Waals surface area contributed by atoms with E-state index in [-0.39, 0.29) is 22.9 Å². The highest BCUT2D eigenvalue weighted by Gasteiger charge is 2.48. The van der Waals surface area contributed by atoms with E-state index in [1.807, 2.05) is 12.1 Å². The van der Waals surface area contributed by atoms with Crippen molar-refractivity contribution in [3.8, 4) is 0 Å². The summed E-state index contributed by atoms with van der Waals surface area (Å²) in [5.41, 5.74) is 7.41. The molecule has 0 bridgehead atoms. The van der Waals surface area contributed by atoms with Crippen LogP contribution in [0.4, 0.5) is 5.69 Å². The zero-order valence-corrected chi connectivity index (χ0v) is 18.8. The standard InChI is InChI=1S/C23H27N5O4S/c24-10-22(12-32-13-22)11-25-23(16-7-14-3-1-2-4-19(14)33-26-9-16)17-8-15(20(29)30)5-6-18(17)27-21(31)28-23/h1-6,8,16,25-26H,7,9-13,24H2,(H,29,30)(H2,27,28,31). The summed E-state index contributed by atoms with van der Waals surface area (Å²) in [6.07, 6.45) is 0.683. The highest BCUT2D eigenvalue weighted by Crippen LogP contribution is 2.43. The van der Waals surface area contributed by atoms with Gasteiger partial charge >= 0.3 is 5.97 Å². The maximum atomic E-state index is 11.8. The van der Waals surface area contributed by atoms with Gasteiger partial charge in [0.15, 0.2) is 0 Å². The fourth-order valence-corrected chi connectivity index (χ4v) is 5.57. The number of carboxylic acid groups (broad SMARTS) is 1. The van der Waals surface area contributed by atoms with E-state index < -0.39 is 11.6 Å². The van der Waals surface area contributed by atoms with Crippen LogP contribution in [0.1, 0.15) is 21.5 Å². The number of amidine groups is 1. The monoisotopic (exact) mass is 469 g/mol. The summed E-state index contributed by atoms with van der Waals surface area (Å²) < 4.78 is 8.88. The average molecular weight is 470 g/mol. The summed E-state index contributed by atoms with van der Waals surface area (Å²) in [4.78, 5) is 17.7. The number of hydrogen-bond donors (Lipinski definition) is 6. The van der Waals surface area contributed by atoms with E-state index in [2.05, 4.69) is 27.5 Å². The van der Waals surface area contributed by atoms with Crippen molar-refractivity contribution >= 4 is 29.6 Å². The second-order valence-electron chi connectivity index (χ2n) is 8.90. The van der Waals surface area contributed by atoms with Gasteiger partial charge < -0.3 is 26.0 Å². The van der Waals surface area contributed by atoms with Crippen LogP contribution in [0.5, 0.6) is 0 Å². The molecule has 2 aromatic rings. The van der Waals surface area contributed by atoms with Gasteiger partial charge in [0.25, 0.3) is 6.02 Å². The van der Waals surface area contributed by atoms with Crippen molar-refractivity contribution in [2.75, 3.05) is 38.2 Å². The summed E-state index contributed by atoms with van der Waals surface area (Å²) in [5, 5.41) is 26.8. The van der Waals surface area contributed by atoms with E-state index in [1.165, 1.54) is 11.6 Å². The Morgan fingerprint density at radius 1 is 1.30 bits per heavy atom. The van der Waals surface area contributed by atoms with E-state index in [4.69, 9.17) is 15.5 Å². The summed E-state index contributed by atoms with van der Waals surface area (Å²) in [6.45, 7) is 2.65. The van der Waals surface area contributed by atoms with Crippen LogP contribution in [-0.2, 0) is 16.8 Å². The molecule has 0 spiro atoms. The predicted octanol–water partition coefficient (Wildman–Crippen LogP) is 1.91. The van der Waals surface area contributed by atoms with E-state index in [0.29, 0.717) is 50.5 Å². The quantitative estimate of drug-likeness (QED) is 0.350. The molecule has 3 heterocycles. The number of benzene rings is 2. The van der Waals surface area contributed by atoms with Gasteiger partial charge in [-0.1, -0.05) is 18.2 Å². The molecule has 0 saturated carbocycles. The number of nitrogens with one attached hydrogen (secondary N) is 3. The highest BCUT2D eigenvalue weighted by molar-refractivity contribution is 7.97. The van der Waals surface area contributed by atoms with Crippen LogP contribution in [0.2, 0.25) is 0 Å². The Morgan fingerprint density at radius 2 is 2.12 bits per heavy atom. The average Bonchev–Trinajstić information content (AvgIpc) is 3.01. The van der Waals surface area contributed by atoms with Crippen LogP contribution in [0.25, 0.3) is 0 Å². The van der Waals surface area contributed by atoms with Crippen molar-refractivity contribution in [3.63, 3.8) is 0 Å². The molecule has 1 fully saturated rings. The molecule has 5 rings (SSSR count). The van der Waals surface area contributed by atoms with E-state index in [9.17, 15) is 15.0 Å². The third kappa shape index (κ3) is 3.98. The van der Waals surface area contributed by atoms with Gasteiger partial charge in [0.2, 0.25) is 0 Å². The first kappa shape index (κ1) is 22.2. The molecular formula is C23H27N5O4S. The second kappa shape index (κ2) is 8.62. The van der Waals surface area contributed by atoms with Crippen LogP contribution in [-0.4, -0.2) is 55.1 Å². The molecule has 9 nitrogen and oxygen atoms in total. The van der Waals surface area contributed by atoms with Crippen LogP contribution in [0, 0.1) is 11.3 Å². The number of fused-ring (bicyclic) bond motifs is 2. The van der Waals surface area contributed by atoms with Gasteiger partial charge in [-0.2, -0.15) is 0 Å². The van der Waals surface area contributed by atoms with Crippen molar-refractivity contribution in [2.45, 2.75) is 17.0 Å². The minimum Gasteiger partial charge on any atom is -0.481 e. The fourth-order valence-electron chi connectivity index (χ4n) is 4.70. The maximum Gasteiger partial charge on any atom is 0.335 e. The molecule has 0 aromatic heterocycles. The smallest absolute Gasteiger partial charge is 0.335 e. The number of carboxylic acids is 1. The molecule has 2 unspecified atom stereocenters. The molecule has 7 N–H and O–H groups in total. The lowest BCUT2D eigenvalue weighted by Crippen LogP contribution is -2.61. The lowest BCUT2D eigenvalue weighted by Gasteiger charge is -2.47. The largest absolute Gasteiger partial charge is 0.481 e. The minimum absolute atomic E-state index is 0.128. The van der Waals surface area contributed by atoms with Crippen LogP contribution in [0.15, 0.2) is 52.4 Å². The number of aliphatic hydroxyl groups is 1. The Balaban J connectivity index is 1.62. The molecule has 33 heavy (non-hydrogen) atoms. The first-order valence-electron chi connectivity index (χ1n) is 10.9. The van der Waals surface area contributed by atoms with Crippen LogP contribution in [0.3, 0.4) is 0 Å². The van der Waals surface area contributed by atoms with Gasteiger partial charge in [-0.05, 0) is 48.2 Å². The van der Waals surface area contributed by atoms with E-state index in [1.54, 1.807) is 24.1 Å². The Morgan fingerprint density at radius 3 is 2.85 bits per heavy atom. The van der Waals surface area contributed by atoms with Gasteiger partial charge in [0, 0.05) is 47.1 Å². The molecule has 3 aliphatic heterocycles. The number of hydrogen-bond acceptors (Lipinski definition) is 8. The zero-order valence-electron chi connectivity index (χ0n) is 18.0. The number of rotatable bonds is 6. The number of aliphatic imine (C=N–C) groups is 1. The van der Waals surface area contributed by atoms with E-state index >= 15 is 0 Å². The number of aromatic carboxylic acids is 1. The zero-order chi connectivity index (χ0) is 23.1. The molecule has 0 aliphatic carbocycles.